The van der Waals surface area contributed by atoms with Gasteiger partial charge in [-0.25, -0.2) is 9.78 Å². The van der Waals surface area contributed by atoms with Crippen molar-refractivity contribution < 1.29 is 14.6 Å². The number of H-pyrrole nitrogens is 1. The van der Waals surface area contributed by atoms with Gasteiger partial charge in [0.15, 0.2) is 0 Å². The molecule has 0 atom stereocenters. The Morgan fingerprint density at radius 1 is 1.22 bits per heavy atom. The molecule has 0 aliphatic heterocycles. The Morgan fingerprint density at radius 3 is 2.61 bits per heavy atom. The highest BCUT2D eigenvalue weighted by atomic mass is 16.5. The second-order valence-corrected chi connectivity index (χ2v) is 4.91. The Morgan fingerprint density at radius 2 is 1.96 bits per heavy atom. The summed E-state index contributed by atoms with van der Waals surface area (Å²) in [4.78, 5) is 30.3. The number of ether oxygens (including phenoxy) is 1. The van der Waals surface area contributed by atoms with Gasteiger partial charge in [-0.3, -0.25) is 4.79 Å². The number of hydrogen-bond acceptors (Lipinski definition) is 4. The van der Waals surface area contributed by atoms with Crippen LogP contribution in [0.15, 0.2) is 47.3 Å². The van der Waals surface area contributed by atoms with Crippen molar-refractivity contribution >= 4 is 16.9 Å². The molecule has 0 aliphatic carbocycles. The van der Waals surface area contributed by atoms with Crippen molar-refractivity contribution in [2.24, 2.45) is 0 Å². The molecule has 6 nitrogen and oxygen atoms in total. The zero-order chi connectivity index (χ0) is 16.4. The molecule has 0 spiro atoms. The molecule has 0 saturated heterocycles. The number of hydrogen-bond donors (Lipinski definition) is 2. The summed E-state index contributed by atoms with van der Waals surface area (Å²) in [5.74, 6) is 0.0530. The summed E-state index contributed by atoms with van der Waals surface area (Å²) in [5, 5.41) is 9.40. The van der Waals surface area contributed by atoms with Crippen molar-refractivity contribution in [1.29, 1.82) is 0 Å². The van der Waals surface area contributed by atoms with E-state index in [0.717, 1.165) is 5.75 Å². The zero-order valence-electron chi connectivity index (χ0n) is 12.4. The van der Waals surface area contributed by atoms with Crippen molar-refractivity contribution in [2.45, 2.75) is 6.92 Å². The van der Waals surface area contributed by atoms with Crippen LogP contribution in [0.25, 0.3) is 22.3 Å². The van der Waals surface area contributed by atoms with E-state index in [1.54, 1.807) is 24.3 Å². The van der Waals surface area contributed by atoms with Crippen LogP contribution in [0.2, 0.25) is 0 Å². The van der Waals surface area contributed by atoms with E-state index in [1.807, 2.05) is 6.92 Å². The van der Waals surface area contributed by atoms with Gasteiger partial charge in [0.05, 0.1) is 23.1 Å². The van der Waals surface area contributed by atoms with Crippen molar-refractivity contribution in [1.82, 2.24) is 9.97 Å². The molecule has 0 saturated carbocycles. The van der Waals surface area contributed by atoms with E-state index >= 15 is 0 Å². The van der Waals surface area contributed by atoms with Gasteiger partial charge in [0.1, 0.15) is 11.6 Å². The summed E-state index contributed by atoms with van der Waals surface area (Å²) in [6, 6.07) is 11.4. The highest BCUT2D eigenvalue weighted by Crippen LogP contribution is 2.20. The quantitative estimate of drug-likeness (QED) is 0.773. The number of aromatic amines is 1. The van der Waals surface area contributed by atoms with Gasteiger partial charge < -0.3 is 14.8 Å². The molecular weight excluding hydrogens is 296 g/mol. The number of aromatic carboxylic acids is 1. The lowest BCUT2D eigenvalue weighted by Gasteiger charge is -2.06. The average Bonchev–Trinajstić information content (AvgIpc) is 2.55. The Labute approximate surface area is 131 Å². The summed E-state index contributed by atoms with van der Waals surface area (Å²) < 4.78 is 5.38. The minimum atomic E-state index is -1.06. The van der Waals surface area contributed by atoms with Crippen molar-refractivity contribution in [3.05, 3.63) is 58.4 Å². The Hall–Kier alpha value is -3.15. The Kier molecular flexibility index (Phi) is 3.80. The normalized spacial score (nSPS) is 10.7. The van der Waals surface area contributed by atoms with Crippen LogP contribution in [0.5, 0.6) is 5.75 Å². The molecule has 0 unspecified atom stereocenters. The third-order valence-corrected chi connectivity index (χ3v) is 3.39. The number of rotatable bonds is 4. The maximum absolute atomic E-state index is 12.2. The van der Waals surface area contributed by atoms with E-state index in [-0.39, 0.29) is 11.1 Å². The lowest BCUT2D eigenvalue weighted by Crippen LogP contribution is -2.10. The van der Waals surface area contributed by atoms with Gasteiger partial charge in [-0.05, 0) is 49.4 Å². The van der Waals surface area contributed by atoms with E-state index in [2.05, 4.69) is 9.97 Å². The predicted molar refractivity (Wildman–Crippen MR) is 85.9 cm³/mol. The lowest BCUT2D eigenvalue weighted by molar-refractivity contribution is 0.0697. The third kappa shape index (κ3) is 2.91. The average molecular weight is 310 g/mol. The van der Waals surface area contributed by atoms with Gasteiger partial charge in [0.2, 0.25) is 0 Å². The van der Waals surface area contributed by atoms with Gasteiger partial charge in [0.25, 0.3) is 5.56 Å². The van der Waals surface area contributed by atoms with Gasteiger partial charge >= 0.3 is 5.97 Å². The van der Waals surface area contributed by atoms with E-state index in [4.69, 9.17) is 9.84 Å². The van der Waals surface area contributed by atoms with E-state index in [0.29, 0.717) is 28.9 Å². The summed E-state index contributed by atoms with van der Waals surface area (Å²) in [6.07, 6.45) is 0. The molecule has 0 amide bonds. The van der Waals surface area contributed by atoms with Gasteiger partial charge in [-0.2, -0.15) is 0 Å². The number of nitrogens with zero attached hydrogens (tertiary/aromatic N) is 1. The standard InChI is InChI=1S/C17H14N2O4/c1-2-23-12-6-3-10(4-7-12)15-18-14-9-11(17(21)22)5-8-13(14)16(20)19-15/h3-9H,2H2,1H3,(H,21,22)(H,18,19,20). The molecule has 1 heterocycles. The summed E-state index contributed by atoms with van der Waals surface area (Å²) in [7, 11) is 0. The second-order valence-electron chi connectivity index (χ2n) is 4.91. The highest BCUT2D eigenvalue weighted by molar-refractivity contribution is 5.93. The van der Waals surface area contributed by atoms with Crippen LogP contribution in [-0.2, 0) is 0 Å². The van der Waals surface area contributed by atoms with Crippen LogP contribution in [0.3, 0.4) is 0 Å². The smallest absolute Gasteiger partial charge is 0.335 e. The molecule has 116 valence electrons. The number of benzene rings is 2. The topological polar surface area (TPSA) is 92.3 Å². The minimum Gasteiger partial charge on any atom is -0.494 e. The molecule has 0 aliphatic rings. The van der Waals surface area contributed by atoms with Crippen LogP contribution < -0.4 is 10.3 Å². The molecule has 0 fully saturated rings. The number of carbonyl (C=O) groups is 1. The fourth-order valence-electron chi connectivity index (χ4n) is 2.28. The molecule has 6 heteroatoms. The number of nitrogens with one attached hydrogen (secondary N) is 1. The summed E-state index contributed by atoms with van der Waals surface area (Å²) in [5.41, 5.74) is 0.842. The van der Waals surface area contributed by atoms with Crippen molar-refractivity contribution in [3.63, 3.8) is 0 Å². The van der Waals surface area contributed by atoms with Crippen LogP contribution in [0, 0.1) is 0 Å². The van der Waals surface area contributed by atoms with Crippen LogP contribution in [0.4, 0.5) is 0 Å². The first-order chi connectivity index (χ1) is 11.1. The van der Waals surface area contributed by atoms with Crippen molar-refractivity contribution in [3.8, 4) is 17.1 Å². The van der Waals surface area contributed by atoms with Gasteiger partial charge in [-0.1, -0.05) is 0 Å². The number of carboxylic acid groups (broad SMARTS) is 1. The predicted octanol–water partition coefficient (Wildman–Crippen LogP) is 2.69. The van der Waals surface area contributed by atoms with Gasteiger partial charge in [0, 0.05) is 5.56 Å². The third-order valence-electron chi connectivity index (χ3n) is 3.39. The molecule has 2 N–H and O–H groups in total. The largest absolute Gasteiger partial charge is 0.494 e. The highest BCUT2D eigenvalue weighted by Gasteiger charge is 2.09. The van der Waals surface area contributed by atoms with Crippen LogP contribution in [0.1, 0.15) is 17.3 Å². The SMILES string of the molecule is CCOc1ccc(-c2nc3cc(C(=O)O)ccc3c(=O)[nH]2)cc1. The van der Waals surface area contributed by atoms with E-state index in [9.17, 15) is 9.59 Å². The fourth-order valence-corrected chi connectivity index (χ4v) is 2.28. The summed E-state index contributed by atoms with van der Waals surface area (Å²) in [6.45, 7) is 2.47. The Bertz CT molecular complexity index is 929. The Balaban J connectivity index is 2.10. The molecule has 3 aromatic rings. The number of carboxylic acids is 1. The van der Waals surface area contributed by atoms with Crippen LogP contribution in [-0.4, -0.2) is 27.7 Å². The molecular formula is C17H14N2O4. The minimum absolute atomic E-state index is 0.0910. The van der Waals surface area contributed by atoms with E-state index in [1.165, 1.54) is 18.2 Å². The fraction of sp³-hybridized carbons (Fsp3) is 0.118. The van der Waals surface area contributed by atoms with Crippen LogP contribution >= 0.6 is 0 Å². The number of aromatic nitrogens is 2. The zero-order valence-corrected chi connectivity index (χ0v) is 12.4. The molecule has 23 heavy (non-hydrogen) atoms. The maximum Gasteiger partial charge on any atom is 0.335 e. The maximum atomic E-state index is 12.2. The van der Waals surface area contributed by atoms with E-state index < -0.39 is 5.97 Å². The molecule has 0 radical (unpaired) electrons. The first-order valence-corrected chi connectivity index (χ1v) is 7.09. The van der Waals surface area contributed by atoms with Crippen molar-refractivity contribution in [2.75, 3.05) is 6.61 Å². The molecule has 0 bridgehead atoms. The number of fused-ring (bicyclic) bond motifs is 1. The summed E-state index contributed by atoms with van der Waals surface area (Å²) >= 11 is 0. The molecule has 2 aromatic carbocycles. The first-order valence-electron chi connectivity index (χ1n) is 7.09. The first kappa shape index (κ1) is 14.8. The lowest BCUT2D eigenvalue weighted by atomic mass is 10.1. The monoisotopic (exact) mass is 310 g/mol. The molecule has 3 rings (SSSR count). The molecule has 1 aromatic heterocycles. The second kappa shape index (κ2) is 5.92. The van der Waals surface area contributed by atoms with Gasteiger partial charge in [-0.15, -0.1) is 0 Å².